The lowest BCUT2D eigenvalue weighted by Gasteiger charge is -2.21. The van der Waals surface area contributed by atoms with E-state index in [0.717, 1.165) is 20.2 Å². The zero-order chi connectivity index (χ0) is 15.6. The highest BCUT2D eigenvalue weighted by molar-refractivity contribution is 8.01. The lowest BCUT2D eigenvalue weighted by molar-refractivity contribution is 0.462. The molecule has 3 aromatic heterocycles. The van der Waals surface area contributed by atoms with E-state index in [9.17, 15) is 0 Å². The summed E-state index contributed by atoms with van der Waals surface area (Å²) in [5, 5.41) is 18.1. The maximum Gasteiger partial charge on any atom is 0.253 e. The highest BCUT2D eigenvalue weighted by atomic mass is 32.2. The molecule has 3 heterocycles. The largest absolute Gasteiger partial charge is 0.357 e. The smallest absolute Gasteiger partial charge is 0.253 e. The van der Waals surface area contributed by atoms with Gasteiger partial charge in [-0.05, 0) is 37.6 Å². The van der Waals surface area contributed by atoms with Gasteiger partial charge in [-0.3, -0.25) is 0 Å². The van der Waals surface area contributed by atoms with Gasteiger partial charge in [0, 0.05) is 11.7 Å². The third kappa shape index (κ3) is 3.30. The minimum Gasteiger partial charge on any atom is -0.357 e. The van der Waals surface area contributed by atoms with Crippen molar-refractivity contribution in [2.24, 2.45) is 0 Å². The molecule has 1 N–H and O–H groups in total. The van der Waals surface area contributed by atoms with E-state index in [1.807, 2.05) is 13.0 Å². The fourth-order valence-electron chi connectivity index (χ4n) is 2.79. The first kappa shape index (κ1) is 14.8. The summed E-state index contributed by atoms with van der Waals surface area (Å²) < 4.78 is 2.62. The molecule has 3 aromatic rings. The van der Waals surface area contributed by atoms with Crippen LogP contribution in [0, 0.1) is 6.92 Å². The highest BCUT2D eigenvalue weighted by Crippen LogP contribution is 2.33. The number of aromatic nitrogens is 6. The molecule has 23 heavy (non-hydrogen) atoms. The van der Waals surface area contributed by atoms with Crippen LogP contribution in [0.4, 0.5) is 5.13 Å². The molecule has 1 fully saturated rings. The maximum atomic E-state index is 4.35. The van der Waals surface area contributed by atoms with Crippen LogP contribution in [0.2, 0.25) is 0 Å². The van der Waals surface area contributed by atoms with Gasteiger partial charge in [-0.1, -0.05) is 30.6 Å². The molecular weight excluding hydrogens is 330 g/mol. The predicted octanol–water partition coefficient (Wildman–Crippen LogP) is 3.18. The van der Waals surface area contributed by atoms with E-state index in [1.54, 1.807) is 27.6 Å². The molecule has 120 valence electrons. The molecule has 9 heteroatoms. The molecule has 1 aliphatic carbocycles. The molecule has 0 aromatic carbocycles. The maximum absolute atomic E-state index is 4.35. The van der Waals surface area contributed by atoms with Crippen LogP contribution in [-0.4, -0.2) is 35.8 Å². The zero-order valence-electron chi connectivity index (χ0n) is 12.8. The third-order valence-electron chi connectivity index (χ3n) is 3.88. The summed E-state index contributed by atoms with van der Waals surface area (Å²) in [7, 11) is 0. The van der Waals surface area contributed by atoms with Gasteiger partial charge in [-0.2, -0.15) is 14.6 Å². The monoisotopic (exact) mass is 347 g/mol. The van der Waals surface area contributed by atoms with Crippen molar-refractivity contribution < 1.29 is 0 Å². The number of nitrogens with zero attached hydrogens (tertiary/aromatic N) is 6. The molecule has 0 spiro atoms. The minimum absolute atomic E-state index is 0.541. The second kappa shape index (κ2) is 6.40. The number of nitrogens with one attached hydrogen (secondary N) is 1. The molecule has 0 amide bonds. The fourth-order valence-corrected chi connectivity index (χ4v) is 4.71. The minimum atomic E-state index is 0.541. The lowest BCUT2D eigenvalue weighted by atomic mass is 9.96. The first-order chi connectivity index (χ1) is 11.3. The summed E-state index contributed by atoms with van der Waals surface area (Å²) in [6, 6.07) is 2.53. The van der Waals surface area contributed by atoms with Crippen molar-refractivity contribution in [1.82, 2.24) is 29.8 Å². The summed E-state index contributed by atoms with van der Waals surface area (Å²) in [5.41, 5.74) is 0.915. The highest BCUT2D eigenvalue weighted by Gasteiger charge is 2.16. The Morgan fingerprint density at radius 3 is 3.00 bits per heavy atom. The Morgan fingerprint density at radius 1 is 1.26 bits per heavy atom. The van der Waals surface area contributed by atoms with Gasteiger partial charge in [0.1, 0.15) is 11.4 Å². The Morgan fingerprint density at radius 2 is 2.13 bits per heavy atom. The number of anilines is 1. The Bertz CT molecular complexity index is 806. The molecule has 0 bridgehead atoms. The van der Waals surface area contributed by atoms with E-state index < -0.39 is 0 Å². The fraction of sp³-hybridized carbons (Fsp3) is 0.500. The number of hydrogen-bond acceptors (Lipinski definition) is 8. The van der Waals surface area contributed by atoms with Crippen molar-refractivity contribution in [3.05, 3.63) is 18.1 Å². The summed E-state index contributed by atoms with van der Waals surface area (Å²) in [4.78, 5) is 8.50. The molecule has 0 aliphatic heterocycles. The molecule has 7 nitrogen and oxygen atoms in total. The lowest BCUT2D eigenvalue weighted by Crippen LogP contribution is -2.21. The third-order valence-corrected chi connectivity index (χ3v) is 5.78. The summed E-state index contributed by atoms with van der Waals surface area (Å²) in [6.45, 7) is 1.95. The number of rotatable bonds is 4. The van der Waals surface area contributed by atoms with E-state index in [2.05, 4.69) is 30.6 Å². The van der Waals surface area contributed by atoms with Crippen molar-refractivity contribution in [3.63, 3.8) is 0 Å². The number of hydrogen-bond donors (Lipinski definition) is 1. The molecule has 4 rings (SSSR count). The molecular formula is C14H17N7S2. The predicted molar refractivity (Wildman–Crippen MR) is 90.0 cm³/mol. The van der Waals surface area contributed by atoms with Crippen molar-refractivity contribution in [1.29, 1.82) is 0 Å². The molecule has 1 saturated carbocycles. The van der Waals surface area contributed by atoms with Crippen LogP contribution in [0.5, 0.6) is 0 Å². The first-order valence-corrected chi connectivity index (χ1v) is 9.36. The summed E-state index contributed by atoms with van der Waals surface area (Å²) in [5.74, 6) is 0.609. The normalized spacial score (nSPS) is 16.0. The van der Waals surface area contributed by atoms with E-state index in [-0.39, 0.29) is 0 Å². The van der Waals surface area contributed by atoms with Crippen LogP contribution < -0.4 is 5.32 Å². The van der Waals surface area contributed by atoms with Gasteiger partial charge in [-0.15, -0.1) is 10.2 Å². The molecule has 0 atom stereocenters. The van der Waals surface area contributed by atoms with E-state index >= 15 is 0 Å². The SMILES string of the molecule is Cc1cc(Sc2nnc(NC3CCCCC3)s2)n2ncnc2n1. The zero-order valence-corrected chi connectivity index (χ0v) is 14.4. The Balaban J connectivity index is 1.51. The molecule has 0 saturated heterocycles. The van der Waals surface area contributed by atoms with Crippen LogP contribution in [0.3, 0.4) is 0 Å². The quantitative estimate of drug-likeness (QED) is 0.726. The topological polar surface area (TPSA) is 80.9 Å². The Hall–Kier alpha value is -1.74. The van der Waals surface area contributed by atoms with Gasteiger partial charge >= 0.3 is 0 Å². The van der Waals surface area contributed by atoms with Gasteiger partial charge in [0.25, 0.3) is 5.78 Å². The average molecular weight is 347 g/mol. The van der Waals surface area contributed by atoms with Gasteiger partial charge in [0.05, 0.1) is 0 Å². The van der Waals surface area contributed by atoms with Crippen molar-refractivity contribution >= 4 is 34.0 Å². The van der Waals surface area contributed by atoms with Crippen molar-refractivity contribution in [2.75, 3.05) is 5.32 Å². The van der Waals surface area contributed by atoms with Crippen LogP contribution in [0.15, 0.2) is 21.8 Å². The summed E-state index contributed by atoms with van der Waals surface area (Å²) in [6.07, 6.45) is 7.93. The van der Waals surface area contributed by atoms with E-state index in [0.29, 0.717) is 11.8 Å². The van der Waals surface area contributed by atoms with Crippen LogP contribution in [0.1, 0.15) is 37.8 Å². The number of fused-ring (bicyclic) bond motifs is 1. The van der Waals surface area contributed by atoms with Gasteiger partial charge < -0.3 is 5.32 Å². The van der Waals surface area contributed by atoms with Crippen LogP contribution in [-0.2, 0) is 0 Å². The van der Waals surface area contributed by atoms with Crippen LogP contribution >= 0.6 is 23.1 Å². The average Bonchev–Trinajstić information content (AvgIpc) is 3.17. The first-order valence-electron chi connectivity index (χ1n) is 7.73. The van der Waals surface area contributed by atoms with Gasteiger partial charge in [0.2, 0.25) is 5.13 Å². The van der Waals surface area contributed by atoms with Gasteiger partial charge in [0.15, 0.2) is 4.34 Å². The standard InChI is InChI=1S/C14H17N7S2/c1-9-7-11(21-12(17-9)15-8-16-21)22-14-20-19-13(23-14)18-10-5-3-2-4-6-10/h7-8,10H,2-6H2,1H3,(H,18,19). The Kier molecular flexibility index (Phi) is 4.13. The van der Waals surface area contributed by atoms with E-state index in [1.165, 1.54) is 38.4 Å². The number of aryl methyl sites for hydroxylation is 1. The second-order valence-electron chi connectivity index (χ2n) is 5.66. The molecule has 1 aliphatic rings. The van der Waals surface area contributed by atoms with Crippen molar-refractivity contribution in [3.8, 4) is 0 Å². The Labute approximate surface area is 142 Å². The van der Waals surface area contributed by atoms with Crippen molar-refractivity contribution in [2.45, 2.75) is 54.4 Å². The molecule has 0 radical (unpaired) electrons. The van der Waals surface area contributed by atoms with E-state index in [4.69, 9.17) is 0 Å². The van der Waals surface area contributed by atoms with Gasteiger partial charge in [-0.25, -0.2) is 4.98 Å². The molecule has 0 unspecified atom stereocenters. The van der Waals surface area contributed by atoms with Crippen LogP contribution in [0.25, 0.3) is 5.78 Å². The summed E-state index contributed by atoms with van der Waals surface area (Å²) >= 11 is 3.13. The second-order valence-corrected chi connectivity index (χ2v) is 7.91.